The number of allylic oxidation sites excluding steroid dienone is 1. The van der Waals surface area contributed by atoms with E-state index in [4.69, 9.17) is 14.5 Å². The molecule has 0 radical (unpaired) electrons. The number of aromatic nitrogens is 2. The summed E-state index contributed by atoms with van der Waals surface area (Å²) in [5.74, 6) is 1.94. The van der Waals surface area contributed by atoms with E-state index in [9.17, 15) is 4.79 Å². The first-order valence-corrected chi connectivity index (χ1v) is 9.64. The number of hydrogen-bond acceptors (Lipinski definition) is 4. The van der Waals surface area contributed by atoms with Crippen molar-refractivity contribution in [3.8, 4) is 11.5 Å². The number of benzene rings is 1. The summed E-state index contributed by atoms with van der Waals surface area (Å²) < 4.78 is 13.1. The van der Waals surface area contributed by atoms with Crippen LogP contribution in [0.4, 0.5) is 5.82 Å². The quantitative estimate of drug-likeness (QED) is 0.554. The first kappa shape index (κ1) is 20.5. The lowest BCUT2D eigenvalue weighted by Crippen LogP contribution is -2.28. The number of amides is 1. The first-order chi connectivity index (χ1) is 14.0. The third kappa shape index (κ3) is 4.26. The Morgan fingerprint density at radius 3 is 2.72 bits per heavy atom. The number of aryl methyl sites for hydroxylation is 1. The Hall–Kier alpha value is -3.28. The van der Waals surface area contributed by atoms with Crippen LogP contribution in [0, 0.1) is 0 Å². The fourth-order valence-electron chi connectivity index (χ4n) is 3.13. The molecule has 0 bridgehead atoms. The predicted molar refractivity (Wildman–Crippen MR) is 115 cm³/mol. The molecule has 0 spiro atoms. The van der Waals surface area contributed by atoms with Crippen molar-refractivity contribution in [2.75, 3.05) is 25.7 Å². The van der Waals surface area contributed by atoms with E-state index < -0.39 is 0 Å². The van der Waals surface area contributed by atoms with Gasteiger partial charge in [-0.2, -0.15) is 0 Å². The zero-order valence-electron chi connectivity index (χ0n) is 17.6. The van der Waals surface area contributed by atoms with Gasteiger partial charge in [0.2, 0.25) is 0 Å². The molecule has 1 amide bonds. The monoisotopic (exact) mass is 393 g/mol. The van der Waals surface area contributed by atoms with Crippen molar-refractivity contribution in [3.63, 3.8) is 0 Å². The minimum atomic E-state index is -0.128. The van der Waals surface area contributed by atoms with Crippen LogP contribution >= 0.6 is 0 Å². The van der Waals surface area contributed by atoms with Gasteiger partial charge in [-0.25, -0.2) is 4.98 Å². The summed E-state index contributed by atoms with van der Waals surface area (Å²) in [6.07, 6.45) is 4.62. The van der Waals surface area contributed by atoms with Crippen molar-refractivity contribution in [1.29, 1.82) is 0 Å². The smallest absolute Gasteiger partial charge is 0.259 e. The van der Waals surface area contributed by atoms with Gasteiger partial charge in [0.15, 0.2) is 11.4 Å². The van der Waals surface area contributed by atoms with Crippen molar-refractivity contribution in [2.24, 2.45) is 0 Å². The number of hydrogen-bond donors (Lipinski definition) is 0. The molecule has 152 valence electrons. The minimum Gasteiger partial charge on any atom is -0.497 e. The standard InChI is InChI=1S/C23H27N3O3/c1-6-19-22(25(4)23(27)17-9-7-10-18(15-17)28-5)26-13-8-11-20(21(26)24-19)29-14-12-16(2)3/h7-13,15H,6,14H2,1-5H3. The van der Waals surface area contributed by atoms with Gasteiger partial charge in [0, 0.05) is 18.8 Å². The van der Waals surface area contributed by atoms with E-state index in [2.05, 4.69) is 0 Å². The molecule has 0 saturated carbocycles. The molecule has 2 heterocycles. The summed E-state index contributed by atoms with van der Waals surface area (Å²) in [6, 6.07) is 10.9. The predicted octanol–water partition coefficient (Wildman–Crippen LogP) is 4.53. The van der Waals surface area contributed by atoms with E-state index in [1.807, 2.05) is 61.7 Å². The number of ether oxygens (including phenoxy) is 2. The lowest BCUT2D eigenvalue weighted by Gasteiger charge is -2.19. The van der Waals surface area contributed by atoms with E-state index in [1.165, 1.54) is 5.57 Å². The summed E-state index contributed by atoms with van der Waals surface area (Å²) in [6.45, 7) is 6.57. The Bertz CT molecular complexity index is 1050. The maximum atomic E-state index is 13.1. The summed E-state index contributed by atoms with van der Waals surface area (Å²) >= 11 is 0. The average molecular weight is 393 g/mol. The first-order valence-electron chi connectivity index (χ1n) is 9.64. The van der Waals surface area contributed by atoms with Gasteiger partial charge in [0.25, 0.3) is 5.91 Å². The SMILES string of the molecule is CCc1nc2c(OCC=C(C)C)cccn2c1N(C)C(=O)c1cccc(OC)c1. The molecule has 0 unspecified atom stereocenters. The van der Waals surface area contributed by atoms with Crippen molar-refractivity contribution in [1.82, 2.24) is 9.38 Å². The largest absolute Gasteiger partial charge is 0.497 e. The zero-order chi connectivity index (χ0) is 21.0. The Morgan fingerprint density at radius 1 is 1.24 bits per heavy atom. The van der Waals surface area contributed by atoms with E-state index in [0.29, 0.717) is 35.7 Å². The number of nitrogens with zero attached hydrogens (tertiary/aromatic N) is 3. The molecule has 1 aromatic carbocycles. The van der Waals surface area contributed by atoms with Crippen LogP contribution in [0.25, 0.3) is 5.65 Å². The lowest BCUT2D eigenvalue weighted by atomic mass is 10.2. The molecular formula is C23H27N3O3. The number of fused-ring (bicyclic) bond motifs is 1. The molecule has 6 nitrogen and oxygen atoms in total. The minimum absolute atomic E-state index is 0.128. The van der Waals surface area contributed by atoms with Crippen molar-refractivity contribution >= 4 is 17.4 Å². The van der Waals surface area contributed by atoms with Crippen LogP contribution in [0.5, 0.6) is 11.5 Å². The van der Waals surface area contributed by atoms with Crippen molar-refractivity contribution in [3.05, 3.63) is 65.5 Å². The number of pyridine rings is 1. The highest BCUT2D eigenvalue weighted by Crippen LogP contribution is 2.29. The molecule has 0 atom stereocenters. The fraction of sp³-hybridized carbons (Fsp3) is 0.304. The number of methoxy groups -OCH3 is 1. The van der Waals surface area contributed by atoms with Crippen LogP contribution in [0.1, 0.15) is 36.8 Å². The average Bonchev–Trinajstić information content (AvgIpc) is 3.12. The maximum Gasteiger partial charge on any atom is 0.259 e. The van der Waals surface area contributed by atoms with Crippen LogP contribution in [0.3, 0.4) is 0 Å². The normalized spacial score (nSPS) is 10.7. The van der Waals surface area contributed by atoms with Crippen LogP contribution in [0.15, 0.2) is 54.2 Å². The Balaban J connectivity index is 2.01. The number of carbonyl (C=O) groups is 1. The second-order valence-corrected chi connectivity index (χ2v) is 6.99. The van der Waals surface area contributed by atoms with Crippen LogP contribution in [-0.4, -0.2) is 36.1 Å². The van der Waals surface area contributed by atoms with Crippen molar-refractivity contribution < 1.29 is 14.3 Å². The molecule has 3 rings (SSSR count). The number of imidazole rings is 1. The number of rotatable bonds is 7. The summed E-state index contributed by atoms with van der Waals surface area (Å²) in [4.78, 5) is 19.5. The second kappa shape index (κ2) is 8.82. The molecule has 0 aliphatic carbocycles. The van der Waals surface area contributed by atoms with Gasteiger partial charge >= 0.3 is 0 Å². The van der Waals surface area contributed by atoms with Crippen LogP contribution in [0.2, 0.25) is 0 Å². The van der Waals surface area contributed by atoms with E-state index in [1.54, 1.807) is 31.2 Å². The lowest BCUT2D eigenvalue weighted by molar-refractivity contribution is 0.0991. The third-order valence-electron chi connectivity index (χ3n) is 4.66. The molecule has 3 aromatic rings. The highest BCUT2D eigenvalue weighted by Gasteiger charge is 2.22. The Labute approximate surface area is 171 Å². The van der Waals surface area contributed by atoms with Gasteiger partial charge in [-0.05, 0) is 56.7 Å². The highest BCUT2D eigenvalue weighted by atomic mass is 16.5. The molecule has 0 fully saturated rings. The van der Waals surface area contributed by atoms with Gasteiger partial charge in [-0.1, -0.05) is 18.6 Å². The maximum absolute atomic E-state index is 13.1. The third-order valence-corrected chi connectivity index (χ3v) is 4.66. The second-order valence-electron chi connectivity index (χ2n) is 6.99. The molecule has 0 saturated heterocycles. The van der Waals surface area contributed by atoms with E-state index in [0.717, 1.165) is 11.5 Å². The Kier molecular flexibility index (Phi) is 6.22. The Morgan fingerprint density at radius 2 is 2.03 bits per heavy atom. The van der Waals surface area contributed by atoms with Gasteiger partial charge in [0.05, 0.1) is 12.8 Å². The summed E-state index contributed by atoms with van der Waals surface area (Å²) in [5.41, 5.74) is 3.28. The molecular weight excluding hydrogens is 366 g/mol. The van der Waals surface area contributed by atoms with Gasteiger partial charge in [-0.3, -0.25) is 14.1 Å². The van der Waals surface area contributed by atoms with E-state index in [-0.39, 0.29) is 5.91 Å². The summed E-state index contributed by atoms with van der Waals surface area (Å²) in [5, 5.41) is 0. The molecule has 6 heteroatoms. The van der Waals surface area contributed by atoms with Gasteiger partial charge < -0.3 is 9.47 Å². The zero-order valence-corrected chi connectivity index (χ0v) is 17.6. The molecule has 0 aliphatic heterocycles. The molecule has 2 aromatic heterocycles. The molecule has 0 aliphatic rings. The van der Waals surface area contributed by atoms with Gasteiger partial charge in [-0.15, -0.1) is 0 Å². The number of carbonyl (C=O) groups excluding carboxylic acids is 1. The summed E-state index contributed by atoms with van der Waals surface area (Å²) in [7, 11) is 3.35. The van der Waals surface area contributed by atoms with Crippen LogP contribution in [-0.2, 0) is 6.42 Å². The van der Waals surface area contributed by atoms with Crippen LogP contribution < -0.4 is 14.4 Å². The van der Waals surface area contributed by atoms with Gasteiger partial charge in [0.1, 0.15) is 18.2 Å². The topological polar surface area (TPSA) is 56.1 Å². The van der Waals surface area contributed by atoms with Crippen molar-refractivity contribution in [2.45, 2.75) is 27.2 Å². The fourth-order valence-corrected chi connectivity index (χ4v) is 3.13. The van der Waals surface area contributed by atoms with E-state index >= 15 is 0 Å². The molecule has 29 heavy (non-hydrogen) atoms. The number of anilines is 1. The molecule has 0 N–H and O–H groups in total. The highest BCUT2D eigenvalue weighted by molar-refractivity contribution is 6.06.